The molecule has 1 heterocycles. The minimum absolute atomic E-state index is 0.104. The van der Waals surface area contributed by atoms with E-state index in [0.29, 0.717) is 26.2 Å². The molecule has 6 nitrogen and oxygen atoms in total. The SMILES string of the molecule is CCCCC/C=C\C/C=C\CCCCCCCCOC1CO[C@H](COC(=O)CCN(C)C)[C@@H]1OCCCCCCCC/C=C\C/C=C\CCCCC. The van der Waals surface area contributed by atoms with Gasteiger partial charge < -0.3 is 23.8 Å². The van der Waals surface area contributed by atoms with Gasteiger partial charge in [0.15, 0.2) is 0 Å². The van der Waals surface area contributed by atoms with E-state index >= 15 is 0 Å². The zero-order valence-corrected chi connectivity index (χ0v) is 34.6. The highest BCUT2D eigenvalue weighted by Gasteiger charge is 2.39. The van der Waals surface area contributed by atoms with E-state index in [1.165, 1.54) is 128 Å². The number of allylic oxidation sites excluding steroid dienone is 8. The Labute approximate surface area is 322 Å². The van der Waals surface area contributed by atoms with Gasteiger partial charge >= 0.3 is 5.97 Å². The third-order valence-corrected chi connectivity index (χ3v) is 9.71. The van der Waals surface area contributed by atoms with Gasteiger partial charge in [-0.3, -0.25) is 4.79 Å². The number of carbonyl (C=O) groups is 1. The van der Waals surface area contributed by atoms with Crippen LogP contribution in [0.3, 0.4) is 0 Å². The molecule has 3 atom stereocenters. The van der Waals surface area contributed by atoms with E-state index in [1.54, 1.807) is 0 Å². The molecule has 6 heteroatoms. The quantitative estimate of drug-likeness (QED) is 0.0360. The minimum atomic E-state index is -0.270. The first-order valence-corrected chi connectivity index (χ1v) is 21.8. The molecule has 0 N–H and O–H groups in total. The average molecular weight is 730 g/mol. The smallest absolute Gasteiger partial charge is 0.307 e. The lowest BCUT2D eigenvalue weighted by molar-refractivity contribution is -0.150. The Morgan fingerprint density at radius 2 is 1.04 bits per heavy atom. The molecule has 0 spiro atoms. The highest BCUT2D eigenvalue weighted by atomic mass is 16.6. The van der Waals surface area contributed by atoms with Crippen molar-refractivity contribution in [2.24, 2.45) is 0 Å². The summed E-state index contributed by atoms with van der Waals surface area (Å²) in [5.41, 5.74) is 0. The summed E-state index contributed by atoms with van der Waals surface area (Å²) in [7, 11) is 3.92. The normalized spacial score (nSPS) is 18.1. The first-order valence-electron chi connectivity index (χ1n) is 21.8. The van der Waals surface area contributed by atoms with Gasteiger partial charge in [-0.2, -0.15) is 0 Å². The molecule has 1 aliphatic rings. The second-order valence-corrected chi connectivity index (χ2v) is 15.0. The van der Waals surface area contributed by atoms with E-state index in [1.807, 2.05) is 19.0 Å². The molecule has 52 heavy (non-hydrogen) atoms. The van der Waals surface area contributed by atoms with Crippen molar-refractivity contribution in [1.29, 1.82) is 0 Å². The van der Waals surface area contributed by atoms with Gasteiger partial charge in [-0.05, 0) is 91.1 Å². The molecular formula is C46H83NO5. The van der Waals surface area contributed by atoms with Crippen LogP contribution in [0.2, 0.25) is 0 Å². The molecule has 0 saturated carbocycles. The predicted molar refractivity (Wildman–Crippen MR) is 222 cm³/mol. The van der Waals surface area contributed by atoms with Crippen LogP contribution in [0.4, 0.5) is 0 Å². The van der Waals surface area contributed by atoms with Crippen molar-refractivity contribution in [3.05, 3.63) is 48.6 Å². The van der Waals surface area contributed by atoms with Crippen LogP contribution >= 0.6 is 0 Å². The van der Waals surface area contributed by atoms with Crippen molar-refractivity contribution in [2.75, 3.05) is 47.1 Å². The van der Waals surface area contributed by atoms with Crippen LogP contribution in [0, 0.1) is 0 Å². The molecule has 0 aromatic carbocycles. The zero-order chi connectivity index (χ0) is 37.6. The average Bonchev–Trinajstić information content (AvgIpc) is 3.53. The maximum absolute atomic E-state index is 12.3. The number of hydrogen-bond donors (Lipinski definition) is 0. The van der Waals surface area contributed by atoms with Gasteiger partial charge in [0.25, 0.3) is 0 Å². The van der Waals surface area contributed by atoms with E-state index in [4.69, 9.17) is 18.9 Å². The fourth-order valence-electron chi connectivity index (χ4n) is 6.34. The van der Waals surface area contributed by atoms with Crippen LogP contribution in [-0.2, 0) is 23.7 Å². The Kier molecular flexibility index (Phi) is 34.9. The highest BCUT2D eigenvalue weighted by Crippen LogP contribution is 2.23. The van der Waals surface area contributed by atoms with Crippen molar-refractivity contribution in [3.63, 3.8) is 0 Å². The van der Waals surface area contributed by atoms with Crippen molar-refractivity contribution in [3.8, 4) is 0 Å². The summed E-state index contributed by atoms with van der Waals surface area (Å²) < 4.78 is 24.4. The molecule has 0 amide bonds. The maximum atomic E-state index is 12.3. The van der Waals surface area contributed by atoms with Crippen molar-refractivity contribution >= 4 is 5.97 Å². The highest BCUT2D eigenvalue weighted by molar-refractivity contribution is 5.69. The number of rotatable bonds is 37. The second kappa shape index (κ2) is 37.6. The van der Waals surface area contributed by atoms with Gasteiger partial charge in [0.05, 0.1) is 13.0 Å². The Hall–Kier alpha value is -1.73. The third kappa shape index (κ3) is 30.7. The summed E-state index contributed by atoms with van der Waals surface area (Å²) in [5.74, 6) is -0.188. The fourth-order valence-corrected chi connectivity index (χ4v) is 6.34. The molecule has 1 unspecified atom stereocenters. The molecule has 1 aliphatic heterocycles. The first kappa shape index (κ1) is 48.3. The maximum Gasteiger partial charge on any atom is 0.307 e. The predicted octanol–water partition coefficient (Wildman–Crippen LogP) is 12.3. The summed E-state index contributed by atoms with van der Waals surface area (Å²) in [4.78, 5) is 14.3. The Balaban J connectivity index is 2.22. The summed E-state index contributed by atoms with van der Waals surface area (Å²) in [5, 5.41) is 0. The van der Waals surface area contributed by atoms with Crippen LogP contribution in [0.15, 0.2) is 48.6 Å². The van der Waals surface area contributed by atoms with Gasteiger partial charge in [0.1, 0.15) is 24.9 Å². The lowest BCUT2D eigenvalue weighted by Crippen LogP contribution is -2.38. The summed E-state index contributed by atoms with van der Waals surface area (Å²) in [6.45, 7) is 7.33. The van der Waals surface area contributed by atoms with Crippen molar-refractivity contribution in [2.45, 2.75) is 193 Å². The van der Waals surface area contributed by atoms with Gasteiger partial charge in [-0.25, -0.2) is 0 Å². The van der Waals surface area contributed by atoms with Crippen molar-refractivity contribution in [1.82, 2.24) is 4.90 Å². The first-order chi connectivity index (χ1) is 25.6. The molecular weight excluding hydrogens is 647 g/mol. The Morgan fingerprint density at radius 1 is 0.596 bits per heavy atom. The minimum Gasteiger partial charge on any atom is -0.463 e. The number of ether oxygens (including phenoxy) is 4. The summed E-state index contributed by atoms with van der Waals surface area (Å²) in [6, 6.07) is 0. The van der Waals surface area contributed by atoms with Crippen LogP contribution in [-0.4, -0.2) is 76.2 Å². The molecule has 302 valence electrons. The van der Waals surface area contributed by atoms with E-state index in [-0.39, 0.29) is 30.9 Å². The van der Waals surface area contributed by atoms with Gasteiger partial charge in [0.2, 0.25) is 0 Å². The molecule has 1 fully saturated rings. The summed E-state index contributed by atoms with van der Waals surface area (Å²) in [6.07, 6.45) is 48.0. The van der Waals surface area contributed by atoms with E-state index in [0.717, 1.165) is 32.3 Å². The molecule has 0 aromatic rings. The largest absolute Gasteiger partial charge is 0.463 e. The second-order valence-electron chi connectivity index (χ2n) is 15.0. The van der Waals surface area contributed by atoms with Crippen molar-refractivity contribution < 1.29 is 23.7 Å². The molecule has 1 saturated heterocycles. The monoisotopic (exact) mass is 730 g/mol. The number of carbonyl (C=O) groups excluding carboxylic acids is 1. The number of hydrogen-bond acceptors (Lipinski definition) is 6. The number of esters is 1. The molecule has 0 aliphatic carbocycles. The molecule has 0 bridgehead atoms. The molecule has 0 aromatic heterocycles. The van der Waals surface area contributed by atoms with Crippen LogP contribution in [0.25, 0.3) is 0 Å². The summed E-state index contributed by atoms with van der Waals surface area (Å²) >= 11 is 0. The topological polar surface area (TPSA) is 57.2 Å². The lowest BCUT2D eigenvalue weighted by atomic mass is 10.1. The standard InChI is InChI=1S/C46H83NO5/c1-5-7-9-11-13-15-17-19-21-23-25-27-29-31-33-35-39-49-43-41-51-44(42-52-45(48)37-38-47(3)4)46(43)50-40-36-34-32-30-28-26-24-22-20-18-16-14-12-10-8-6-2/h13-16,19-22,43-44,46H,5-12,17-18,23-42H2,1-4H3/b15-13-,16-14-,21-19-,22-20-/t43?,44-,46-/m1/s1. The van der Waals surface area contributed by atoms with Crippen LogP contribution < -0.4 is 0 Å². The Morgan fingerprint density at radius 3 is 1.52 bits per heavy atom. The molecule has 1 rings (SSSR count). The van der Waals surface area contributed by atoms with E-state index in [2.05, 4.69) is 62.5 Å². The van der Waals surface area contributed by atoms with E-state index < -0.39 is 0 Å². The van der Waals surface area contributed by atoms with Gasteiger partial charge in [-0.15, -0.1) is 0 Å². The van der Waals surface area contributed by atoms with E-state index in [9.17, 15) is 4.79 Å². The number of nitrogens with zero attached hydrogens (tertiary/aromatic N) is 1. The van der Waals surface area contributed by atoms with Gasteiger partial charge in [-0.1, -0.05) is 140 Å². The lowest BCUT2D eigenvalue weighted by Gasteiger charge is -2.23. The number of unbranched alkanes of at least 4 members (excludes halogenated alkanes) is 18. The third-order valence-electron chi connectivity index (χ3n) is 9.71. The Bertz CT molecular complexity index is 897. The fraction of sp³-hybridized carbons (Fsp3) is 0.804. The van der Waals surface area contributed by atoms with Crippen LogP contribution in [0.1, 0.15) is 174 Å². The van der Waals surface area contributed by atoms with Crippen LogP contribution in [0.5, 0.6) is 0 Å². The van der Waals surface area contributed by atoms with Gasteiger partial charge in [0, 0.05) is 19.8 Å². The zero-order valence-electron chi connectivity index (χ0n) is 34.6. The molecule has 0 radical (unpaired) electrons.